The van der Waals surface area contributed by atoms with Crippen LogP contribution in [0.25, 0.3) is 11.3 Å². The SMILES string of the molecule is CC1CCN(C(N)=NCc2cc(-c3ccccc3)on2)CC1.I. The second kappa shape index (κ2) is 8.33. The zero-order valence-corrected chi connectivity index (χ0v) is 15.6. The Morgan fingerprint density at radius 1 is 1.30 bits per heavy atom. The molecular weight excluding hydrogens is 403 g/mol. The van der Waals surface area contributed by atoms with Gasteiger partial charge in [-0.15, -0.1) is 24.0 Å². The Morgan fingerprint density at radius 3 is 2.70 bits per heavy atom. The zero-order chi connectivity index (χ0) is 15.4. The first-order valence-electron chi connectivity index (χ1n) is 7.78. The van der Waals surface area contributed by atoms with Crippen molar-refractivity contribution in [3.05, 3.63) is 42.1 Å². The number of aromatic nitrogens is 1. The number of rotatable bonds is 3. The Balaban J connectivity index is 0.00000192. The normalized spacial score (nSPS) is 16.2. The van der Waals surface area contributed by atoms with Crippen LogP contribution in [0.1, 0.15) is 25.5 Å². The number of aliphatic imine (C=N–C) groups is 1. The molecule has 2 N–H and O–H groups in total. The molecule has 2 heterocycles. The minimum Gasteiger partial charge on any atom is -0.370 e. The summed E-state index contributed by atoms with van der Waals surface area (Å²) in [6.45, 7) is 4.72. The largest absolute Gasteiger partial charge is 0.370 e. The molecule has 0 amide bonds. The van der Waals surface area contributed by atoms with Gasteiger partial charge in [0.25, 0.3) is 0 Å². The minimum atomic E-state index is 0. The predicted octanol–water partition coefficient (Wildman–Crippen LogP) is 3.51. The lowest BCUT2D eigenvalue weighted by Gasteiger charge is -2.30. The number of halogens is 1. The molecule has 0 saturated carbocycles. The monoisotopic (exact) mass is 426 g/mol. The van der Waals surface area contributed by atoms with Crippen molar-refractivity contribution >= 4 is 29.9 Å². The summed E-state index contributed by atoms with van der Waals surface area (Å²) in [5.74, 6) is 2.15. The number of hydrogen-bond donors (Lipinski definition) is 1. The van der Waals surface area contributed by atoms with Gasteiger partial charge in [-0.2, -0.15) is 0 Å². The van der Waals surface area contributed by atoms with Gasteiger partial charge in [0.2, 0.25) is 0 Å². The van der Waals surface area contributed by atoms with Gasteiger partial charge < -0.3 is 15.2 Å². The maximum absolute atomic E-state index is 6.08. The van der Waals surface area contributed by atoms with Gasteiger partial charge in [-0.3, -0.25) is 0 Å². The molecule has 0 spiro atoms. The van der Waals surface area contributed by atoms with Gasteiger partial charge in [0.15, 0.2) is 11.7 Å². The maximum Gasteiger partial charge on any atom is 0.191 e. The fraction of sp³-hybridized carbons (Fsp3) is 0.412. The molecule has 3 rings (SSSR count). The van der Waals surface area contributed by atoms with Gasteiger partial charge in [0, 0.05) is 24.7 Å². The van der Waals surface area contributed by atoms with Crippen molar-refractivity contribution in [3.63, 3.8) is 0 Å². The fourth-order valence-electron chi connectivity index (χ4n) is 2.62. The van der Waals surface area contributed by atoms with Crippen LogP contribution in [0.15, 0.2) is 45.9 Å². The Hall–Kier alpha value is -1.57. The van der Waals surface area contributed by atoms with Crippen LogP contribution >= 0.6 is 24.0 Å². The number of hydrogen-bond acceptors (Lipinski definition) is 3. The lowest BCUT2D eigenvalue weighted by atomic mass is 10.00. The number of nitrogens with two attached hydrogens (primary N) is 1. The third kappa shape index (κ3) is 4.70. The van der Waals surface area contributed by atoms with Crippen molar-refractivity contribution in [2.75, 3.05) is 13.1 Å². The van der Waals surface area contributed by atoms with E-state index in [9.17, 15) is 0 Å². The minimum absolute atomic E-state index is 0. The highest BCUT2D eigenvalue weighted by Gasteiger charge is 2.17. The molecule has 0 unspecified atom stereocenters. The smallest absolute Gasteiger partial charge is 0.191 e. The quantitative estimate of drug-likeness (QED) is 0.464. The number of piperidine rings is 1. The summed E-state index contributed by atoms with van der Waals surface area (Å²) in [5.41, 5.74) is 7.89. The predicted molar refractivity (Wildman–Crippen MR) is 103 cm³/mol. The lowest BCUT2D eigenvalue weighted by molar-refractivity contribution is 0.277. The van der Waals surface area contributed by atoms with Crippen LogP contribution in [-0.4, -0.2) is 29.1 Å². The van der Waals surface area contributed by atoms with Gasteiger partial charge in [-0.1, -0.05) is 42.4 Å². The van der Waals surface area contributed by atoms with Crippen molar-refractivity contribution in [1.82, 2.24) is 10.1 Å². The summed E-state index contributed by atoms with van der Waals surface area (Å²) in [7, 11) is 0. The lowest BCUT2D eigenvalue weighted by Crippen LogP contribution is -2.42. The van der Waals surface area contributed by atoms with E-state index in [1.54, 1.807) is 0 Å². The molecule has 1 aliphatic rings. The summed E-state index contributed by atoms with van der Waals surface area (Å²) < 4.78 is 5.37. The summed E-state index contributed by atoms with van der Waals surface area (Å²) >= 11 is 0. The molecule has 1 aliphatic heterocycles. The molecule has 0 bridgehead atoms. The summed E-state index contributed by atoms with van der Waals surface area (Å²) in [4.78, 5) is 6.60. The topological polar surface area (TPSA) is 67.7 Å². The first-order chi connectivity index (χ1) is 10.7. The van der Waals surface area contributed by atoms with Crippen LogP contribution in [0.3, 0.4) is 0 Å². The molecule has 0 radical (unpaired) electrons. The highest BCUT2D eigenvalue weighted by molar-refractivity contribution is 14.0. The zero-order valence-electron chi connectivity index (χ0n) is 13.3. The van der Waals surface area contributed by atoms with Crippen molar-refractivity contribution in [3.8, 4) is 11.3 Å². The van der Waals surface area contributed by atoms with E-state index in [2.05, 4.69) is 22.0 Å². The van der Waals surface area contributed by atoms with E-state index in [1.807, 2.05) is 36.4 Å². The molecule has 5 nitrogen and oxygen atoms in total. The standard InChI is InChI=1S/C17H22N4O.HI/c1-13-7-9-21(10-8-13)17(18)19-12-15-11-16(22-20-15)14-5-3-2-4-6-14;/h2-6,11,13H,7-10,12H2,1H3,(H2,18,19);1H. The molecular formula is C17H23IN4O. The van der Waals surface area contributed by atoms with Crippen LogP contribution < -0.4 is 5.73 Å². The van der Waals surface area contributed by atoms with Crippen molar-refractivity contribution in [2.45, 2.75) is 26.3 Å². The molecule has 124 valence electrons. The van der Waals surface area contributed by atoms with E-state index >= 15 is 0 Å². The number of nitrogens with zero attached hydrogens (tertiary/aromatic N) is 3. The van der Waals surface area contributed by atoms with Crippen molar-refractivity contribution < 1.29 is 4.52 Å². The van der Waals surface area contributed by atoms with Crippen LogP contribution in [0, 0.1) is 5.92 Å². The average Bonchev–Trinajstić information content (AvgIpc) is 3.03. The van der Waals surface area contributed by atoms with Crippen LogP contribution in [0.4, 0.5) is 0 Å². The summed E-state index contributed by atoms with van der Waals surface area (Å²) in [6, 6.07) is 11.8. The third-order valence-electron chi connectivity index (χ3n) is 4.13. The Morgan fingerprint density at radius 2 is 2.00 bits per heavy atom. The van der Waals surface area contributed by atoms with E-state index in [4.69, 9.17) is 10.3 Å². The van der Waals surface area contributed by atoms with Crippen LogP contribution in [0.5, 0.6) is 0 Å². The Bertz CT molecular complexity index is 633. The Labute approximate surface area is 154 Å². The Kier molecular flexibility index (Phi) is 6.44. The van der Waals surface area contributed by atoms with Gasteiger partial charge >= 0.3 is 0 Å². The van der Waals surface area contributed by atoms with E-state index in [0.29, 0.717) is 12.5 Å². The maximum atomic E-state index is 6.08. The third-order valence-corrected chi connectivity index (χ3v) is 4.13. The highest BCUT2D eigenvalue weighted by atomic mass is 127. The summed E-state index contributed by atoms with van der Waals surface area (Å²) in [6.07, 6.45) is 2.36. The molecule has 0 atom stereocenters. The van der Waals surface area contributed by atoms with E-state index in [0.717, 1.165) is 36.0 Å². The first-order valence-corrected chi connectivity index (χ1v) is 7.78. The second-order valence-electron chi connectivity index (χ2n) is 5.89. The van der Waals surface area contributed by atoms with Crippen molar-refractivity contribution in [1.29, 1.82) is 0 Å². The molecule has 1 aromatic carbocycles. The fourth-order valence-corrected chi connectivity index (χ4v) is 2.62. The van der Waals surface area contributed by atoms with Gasteiger partial charge in [0.1, 0.15) is 5.69 Å². The van der Waals surface area contributed by atoms with Gasteiger partial charge in [-0.25, -0.2) is 4.99 Å². The van der Waals surface area contributed by atoms with E-state index in [-0.39, 0.29) is 24.0 Å². The molecule has 1 saturated heterocycles. The van der Waals surface area contributed by atoms with Gasteiger partial charge in [0.05, 0.1) is 6.54 Å². The molecule has 1 aromatic heterocycles. The number of guanidine groups is 1. The molecule has 2 aromatic rings. The number of benzene rings is 1. The highest BCUT2D eigenvalue weighted by Crippen LogP contribution is 2.20. The van der Waals surface area contributed by atoms with Crippen LogP contribution in [0.2, 0.25) is 0 Å². The van der Waals surface area contributed by atoms with Gasteiger partial charge in [-0.05, 0) is 18.8 Å². The second-order valence-corrected chi connectivity index (χ2v) is 5.89. The average molecular weight is 426 g/mol. The van der Waals surface area contributed by atoms with E-state index < -0.39 is 0 Å². The first kappa shape index (κ1) is 17.8. The van der Waals surface area contributed by atoms with E-state index in [1.165, 1.54) is 12.8 Å². The number of likely N-dealkylation sites (tertiary alicyclic amines) is 1. The van der Waals surface area contributed by atoms with Crippen LogP contribution in [-0.2, 0) is 6.54 Å². The summed E-state index contributed by atoms with van der Waals surface area (Å²) in [5, 5.41) is 4.07. The molecule has 1 fully saturated rings. The van der Waals surface area contributed by atoms with Crippen molar-refractivity contribution in [2.24, 2.45) is 16.6 Å². The molecule has 0 aliphatic carbocycles. The molecule has 23 heavy (non-hydrogen) atoms. The molecule has 6 heteroatoms.